The van der Waals surface area contributed by atoms with Crippen molar-refractivity contribution in [1.82, 2.24) is 15.1 Å². The Morgan fingerprint density at radius 1 is 1.21 bits per heavy atom. The summed E-state index contributed by atoms with van der Waals surface area (Å²) in [5.41, 5.74) is 4.06. The third kappa shape index (κ3) is 4.46. The van der Waals surface area contributed by atoms with Gasteiger partial charge < -0.3 is 10.1 Å². The van der Waals surface area contributed by atoms with Gasteiger partial charge in [-0.05, 0) is 49.1 Å². The van der Waals surface area contributed by atoms with Crippen LogP contribution in [0.4, 0.5) is 0 Å². The number of benzene rings is 2. The van der Waals surface area contributed by atoms with Crippen molar-refractivity contribution in [2.24, 2.45) is 0 Å². The van der Waals surface area contributed by atoms with Gasteiger partial charge in [0.25, 0.3) is 5.91 Å². The van der Waals surface area contributed by atoms with Crippen LogP contribution in [0.3, 0.4) is 0 Å². The van der Waals surface area contributed by atoms with Gasteiger partial charge in [0.1, 0.15) is 5.75 Å². The van der Waals surface area contributed by atoms with E-state index in [2.05, 4.69) is 28.6 Å². The Kier molecular flexibility index (Phi) is 5.57. The summed E-state index contributed by atoms with van der Waals surface area (Å²) < 4.78 is 7.58. The molecule has 0 spiro atoms. The molecule has 1 unspecified atom stereocenters. The van der Waals surface area contributed by atoms with Crippen LogP contribution in [0.1, 0.15) is 41.3 Å². The molecule has 1 heterocycles. The van der Waals surface area contributed by atoms with Crippen LogP contribution in [0.5, 0.6) is 5.75 Å². The zero-order valence-corrected chi connectivity index (χ0v) is 16.0. The zero-order chi connectivity index (χ0) is 20.1. The molecule has 1 atom stereocenters. The molecule has 6 heteroatoms. The molecular weight excluding hydrogens is 364 g/mol. The van der Waals surface area contributed by atoms with Crippen molar-refractivity contribution in [2.45, 2.75) is 31.8 Å². The smallest absolute Gasteiger partial charge is 0.258 e. The second kappa shape index (κ2) is 8.61. The van der Waals surface area contributed by atoms with Crippen molar-refractivity contribution >= 4 is 5.91 Å². The molecular formula is C23H22N4O2. The van der Waals surface area contributed by atoms with Crippen LogP contribution in [0.25, 0.3) is 0 Å². The maximum atomic E-state index is 12.4. The fourth-order valence-electron chi connectivity index (χ4n) is 3.67. The second-order valence-electron chi connectivity index (χ2n) is 7.13. The molecule has 6 nitrogen and oxygen atoms in total. The Hall–Kier alpha value is -3.59. The molecule has 1 aliphatic carbocycles. The van der Waals surface area contributed by atoms with Crippen LogP contribution in [0, 0.1) is 11.3 Å². The summed E-state index contributed by atoms with van der Waals surface area (Å²) in [7, 11) is 0. The van der Waals surface area contributed by atoms with Crippen LogP contribution in [-0.4, -0.2) is 22.3 Å². The van der Waals surface area contributed by atoms with E-state index in [4.69, 9.17) is 10.00 Å². The predicted octanol–water partition coefficient (Wildman–Crippen LogP) is 3.38. The van der Waals surface area contributed by atoms with Crippen LogP contribution in [0.2, 0.25) is 0 Å². The van der Waals surface area contributed by atoms with Crippen molar-refractivity contribution in [1.29, 1.82) is 5.26 Å². The van der Waals surface area contributed by atoms with Gasteiger partial charge in [0, 0.05) is 11.3 Å². The summed E-state index contributed by atoms with van der Waals surface area (Å²) in [6.45, 7) is 0.675. The van der Waals surface area contributed by atoms with Gasteiger partial charge in [0.05, 0.1) is 30.4 Å². The zero-order valence-electron chi connectivity index (χ0n) is 16.0. The second-order valence-corrected chi connectivity index (χ2v) is 7.13. The Balaban J connectivity index is 1.38. The van der Waals surface area contributed by atoms with E-state index >= 15 is 0 Å². The number of carbonyl (C=O) groups excluding carboxylic acids is 1. The van der Waals surface area contributed by atoms with Crippen molar-refractivity contribution in [3.05, 3.63) is 83.2 Å². The van der Waals surface area contributed by atoms with E-state index in [1.54, 1.807) is 24.3 Å². The number of rotatable bonds is 6. The van der Waals surface area contributed by atoms with Crippen molar-refractivity contribution in [2.75, 3.05) is 6.61 Å². The number of fused-ring (bicyclic) bond motifs is 1. The first kappa shape index (κ1) is 18.8. The number of nitrogens with one attached hydrogen (secondary N) is 1. The van der Waals surface area contributed by atoms with Crippen LogP contribution in [0.15, 0.2) is 60.8 Å². The highest BCUT2D eigenvalue weighted by atomic mass is 16.5. The highest BCUT2D eigenvalue weighted by molar-refractivity contribution is 5.78. The van der Waals surface area contributed by atoms with Crippen LogP contribution in [-0.2, 0) is 17.8 Å². The molecule has 1 aliphatic rings. The lowest BCUT2D eigenvalue weighted by molar-refractivity contribution is -0.123. The summed E-state index contributed by atoms with van der Waals surface area (Å²) >= 11 is 0. The Labute approximate surface area is 169 Å². The number of amides is 1. The molecule has 0 fully saturated rings. The number of hydrogen-bond donors (Lipinski definition) is 1. The number of hydrogen-bond acceptors (Lipinski definition) is 4. The van der Waals surface area contributed by atoms with E-state index in [9.17, 15) is 4.79 Å². The third-order valence-electron chi connectivity index (χ3n) is 5.13. The molecule has 0 aliphatic heterocycles. The van der Waals surface area contributed by atoms with E-state index in [1.807, 2.05) is 29.1 Å². The fourth-order valence-corrected chi connectivity index (χ4v) is 3.67. The molecule has 0 saturated carbocycles. The molecule has 1 amide bonds. The first-order chi connectivity index (χ1) is 14.2. The molecule has 1 N–H and O–H groups in total. The lowest BCUT2D eigenvalue weighted by Crippen LogP contribution is -2.34. The molecule has 146 valence electrons. The molecule has 1 aromatic heterocycles. The van der Waals surface area contributed by atoms with Crippen molar-refractivity contribution in [3.8, 4) is 11.8 Å². The normalized spacial score (nSPS) is 15.2. The highest BCUT2D eigenvalue weighted by Crippen LogP contribution is 2.30. The summed E-state index contributed by atoms with van der Waals surface area (Å²) in [4.78, 5) is 12.4. The minimum Gasteiger partial charge on any atom is -0.484 e. The van der Waals surface area contributed by atoms with E-state index in [0.29, 0.717) is 11.3 Å². The lowest BCUT2D eigenvalue weighted by atomic mass is 9.93. The SMILES string of the molecule is N#Cc1ccc(OCC(=O)NC2CCCc3c2cnn3Cc2ccccc2)cc1. The van der Waals surface area contributed by atoms with Gasteiger partial charge in [0.15, 0.2) is 6.61 Å². The number of nitrogens with zero attached hydrogens (tertiary/aromatic N) is 3. The van der Waals surface area contributed by atoms with Gasteiger partial charge in [-0.25, -0.2) is 0 Å². The Morgan fingerprint density at radius 2 is 2.00 bits per heavy atom. The minimum absolute atomic E-state index is 0.0414. The molecule has 4 rings (SSSR count). The van der Waals surface area contributed by atoms with Crippen molar-refractivity contribution in [3.63, 3.8) is 0 Å². The Bertz CT molecular complexity index is 1020. The molecule has 0 radical (unpaired) electrons. The number of aromatic nitrogens is 2. The topological polar surface area (TPSA) is 79.9 Å². The van der Waals surface area contributed by atoms with E-state index in [0.717, 1.165) is 31.4 Å². The van der Waals surface area contributed by atoms with Gasteiger partial charge in [-0.3, -0.25) is 9.48 Å². The van der Waals surface area contributed by atoms with Gasteiger partial charge in [-0.2, -0.15) is 10.4 Å². The van der Waals surface area contributed by atoms with Gasteiger partial charge in [0.2, 0.25) is 0 Å². The van der Waals surface area contributed by atoms with E-state index in [-0.39, 0.29) is 18.6 Å². The largest absolute Gasteiger partial charge is 0.484 e. The summed E-state index contributed by atoms with van der Waals surface area (Å²) in [5, 5.41) is 16.5. The van der Waals surface area contributed by atoms with Crippen LogP contribution < -0.4 is 10.1 Å². The Morgan fingerprint density at radius 3 is 2.76 bits per heavy atom. The molecule has 2 aromatic carbocycles. The third-order valence-corrected chi connectivity index (χ3v) is 5.13. The highest BCUT2D eigenvalue weighted by Gasteiger charge is 2.25. The van der Waals surface area contributed by atoms with Gasteiger partial charge in [-0.1, -0.05) is 30.3 Å². The molecule has 3 aromatic rings. The minimum atomic E-state index is -0.164. The van der Waals surface area contributed by atoms with Crippen molar-refractivity contribution < 1.29 is 9.53 Å². The van der Waals surface area contributed by atoms with E-state index < -0.39 is 0 Å². The first-order valence-electron chi connectivity index (χ1n) is 9.74. The summed E-state index contributed by atoms with van der Waals surface area (Å²) in [6, 6.07) is 19.0. The maximum Gasteiger partial charge on any atom is 0.258 e. The number of ether oxygens (including phenoxy) is 1. The predicted molar refractivity (Wildman–Crippen MR) is 108 cm³/mol. The lowest BCUT2D eigenvalue weighted by Gasteiger charge is -2.24. The van der Waals surface area contributed by atoms with Gasteiger partial charge in [-0.15, -0.1) is 0 Å². The quantitative estimate of drug-likeness (QED) is 0.704. The molecule has 0 bridgehead atoms. The monoisotopic (exact) mass is 386 g/mol. The standard InChI is InChI=1S/C23H22N4O2/c24-13-17-9-11-19(12-10-17)29-16-23(28)26-21-7-4-8-22-20(21)14-25-27(22)15-18-5-2-1-3-6-18/h1-3,5-6,9-12,14,21H,4,7-8,15-16H2,(H,26,28). The number of carbonyl (C=O) groups is 1. The number of nitriles is 1. The summed E-state index contributed by atoms with van der Waals surface area (Å²) in [5.74, 6) is 0.405. The fraction of sp³-hybridized carbons (Fsp3) is 0.261. The average molecular weight is 386 g/mol. The average Bonchev–Trinajstić information content (AvgIpc) is 3.17. The van der Waals surface area contributed by atoms with E-state index in [1.165, 1.54) is 11.3 Å². The molecule has 0 saturated heterocycles. The first-order valence-corrected chi connectivity index (χ1v) is 9.74. The van der Waals surface area contributed by atoms with Crippen LogP contribution >= 0.6 is 0 Å². The summed E-state index contributed by atoms with van der Waals surface area (Å²) in [6.07, 6.45) is 4.75. The maximum absolute atomic E-state index is 12.4. The molecule has 29 heavy (non-hydrogen) atoms. The van der Waals surface area contributed by atoms with Gasteiger partial charge >= 0.3 is 0 Å².